The maximum absolute atomic E-state index is 12.3. The van der Waals surface area contributed by atoms with Crippen LogP contribution in [0, 0.1) is 0 Å². The van der Waals surface area contributed by atoms with Gasteiger partial charge in [-0.1, -0.05) is 17.3 Å². The molecule has 0 aliphatic carbocycles. The molecular formula is C20H18N6O2. The Morgan fingerprint density at radius 3 is 2.75 bits per heavy atom. The molecule has 0 spiro atoms. The summed E-state index contributed by atoms with van der Waals surface area (Å²) in [5.74, 6) is 0.617. The highest BCUT2D eigenvalue weighted by Crippen LogP contribution is 2.20. The van der Waals surface area contributed by atoms with E-state index >= 15 is 0 Å². The molecule has 8 nitrogen and oxygen atoms in total. The van der Waals surface area contributed by atoms with Crippen LogP contribution in [0.5, 0.6) is 5.75 Å². The molecule has 1 N–H and O–H groups in total. The fourth-order valence-corrected chi connectivity index (χ4v) is 2.83. The molecule has 28 heavy (non-hydrogen) atoms. The van der Waals surface area contributed by atoms with Crippen molar-refractivity contribution >= 4 is 16.9 Å². The Bertz CT molecular complexity index is 1110. The van der Waals surface area contributed by atoms with Crippen molar-refractivity contribution < 1.29 is 9.53 Å². The van der Waals surface area contributed by atoms with Gasteiger partial charge < -0.3 is 10.1 Å². The molecule has 0 aliphatic heterocycles. The largest absolute Gasteiger partial charge is 0.497 e. The van der Waals surface area contributed by atoms with E-state index in [0.29, 0.717) is 6.54 Å². The summed E-state index contributed by atoms with van der Waals surface area (Å²) in [6, 6.07) is 17.0. The average molecular weight is 374 g/mol. The van der Waals surface area contributed by atoms with E-state index in [2.05, 4.69) is 25.6 Å². The van der Waals surface area contributed by atoms with E-state index in [-0.39, 0.29) is 12.5 Å². The molecule has 4 aromatic rings. The minimum atomic E-state index is -0.166. The molecule has 1 amide bonds. The quantitative estimate of drug-likeness (QED) is 0.556. The third-order valence-electron chi connectivity index (χ3n) is 4.29. The van der Waals surface area contributed by atoms with E-state index < -0.39 is 0 Å². The van der Waals surface area contributed by atoms with Gasteiger partial charge in [0.15, 0.2) is 0 Å². The Balaban J connectivity index is 1.41. The molecule has 2 aromatic carbocycles. The Labute approximate surface area is 161 Å². The zero-order valence-corrected chi connectivity index (χ0v) is 15.2. The maximum atomic E-state index is 12.3. The normalized spacial score (nSPS) is 10.8. The van der Waals surface area contributed by atoms with Gasteiger partial charge in [-0.15, -0.1) is 5.10 Å². The number of benzene rings is 2. The SMILES string of the molecule is COc1ccc(-c2cc(CNC(=O)Cn3nnc4ccccc43)ncn2)cc1. The minimum Gasteiger partial charge on any atom is -0.497 e. The molecule has 8 heteroatoms. The molecule has 0 aliphatic rings. The average Bonchev–Trinajstić information content (AvgIpc) is 3.15. The molecule has 0 saturated carbocycles. The minimum absolute atomic E-state index is 0.0942. The predicted molar refractivity (Wildman–Crippen MR) is 103 cm³/mol. The van der Waals surface area contributed by atoms with Crippen molar-refractivity contribution in [2.75, 3.05) is 7.11 Å². The molecule has 0 bridgehead atoms. The number of aromatic nitrogens is 5. The van der Waals surface area contributed by atoms with Crippen LogP contribution in [0.2, 0.25) is 0 Å². The number of nitrogens with one attached hydrogen (secondary N) is 1. The first-order valence-electron chi connectivity index (χ1n) is 8.73. The molecular weight excluding hydrogens is 356 g/mol. The van der Waals surface area contributed by atoms with Crippen molar-refractivity contribution in [1.29, 1.82) is 0 Å². The number of carbonyl (C=O) groups is 1. The van der Waals surface area contributed by atoms with E-state index in [9.17, 15) is 4.79 Å². The maximum Gasteiger partial charge on any atom is 0.242 e. The Hall–Kier alpha value is -3.81. The number of amides is 1. The number of methoxy groups -OCH3 is 1. The zero-order valence-electron chi connectivity index (χ0n) is 15.2. The van der Waals surface area contributed by atoms with Gasteiger partial charge in [0.25, 0.3) is 0 Å². The summed E-state index contributed by atoms with van der Waals surface area (Å²) >= 11 is 0. The van der Waals surface area contributed by atoms with Gasteiger partial charge in [0.2, 0.25) is 5.91 Å². The molecule has 0 saturated heterocycles. The van der Waals surface area contributed by atoms with Crippen molar-refractivity contribution in [3.8, 4) is 17.0 Å². The van der Waals surface area contributed by atoms with Crippen molar-refractivity contribution in [2.45, 2.75) is 13.1 Å². The number of nitrogens with zero attached hydrogens (tertiary/aromatic N) is 5. The highest BCUT2D eigenvalue weighted by Gasteiger charge is 2.09. The summed E-state index contributed by atoms with van der Waals surface area (Å²) in [5.41, 5.74) is 4.03. The lowest BCUT2D eigenvalue weighted by Gasteiger charge is -2.07. The van der Waals surface area contributed by atoms with Gasteiger partial charge in [-0.25, -0.2) is 14.6 Å². The highest BCUT2D eigenvalue weighted by molar-refractivity contribution is 5.79. The van der Waals surface area contributed by atoms with Crippen molar-refractivity contribution in [3.63, 3.8) is 0 Å². The van der Waals surface area contributed by atoms with Gasteiger partial charge in [0.1, 0.15) is 24.1 Å². The highest BCUT2D eigenvalue weighted by atomic mass is 16.5. The monoisotopic (exact) mass is 374 g/mol. The molecule has 0 radical (unpaired) electrons. The van der Waals surface area contributed by atoms with Crippen LogP contribution in [0.4, 0.5) is 0 Å². The van der Waals surface area contributed by atoms with E-state index in [0.717, 1.165) is 33.7 Å². The van der Waals surface area contributed by atoms with Gasteiger partial charge in [-0.3, -0.25) is 4.79 Å². The van der Waals surface area contributed by atoms with E-state index in [4.69, 9.17) is 4.74 Å². The standard InChI is InChI=1S/C20H18N6O2/c1-28-16-8-6-14(7-9-16)18-10-15(22-13-23-18)11-21-20(27)12-26-19-5-3-2-4-17(19)24-25-26/h2-10,13H,11-12H2,1H3,(H,21,27). The third kappa shape index (κ3) is 3.80. The fourth-order valence-electron chi connectivity index (χ4n) is 2.83. The summed E-state index contributed by atoms with van der Waals surface area (Å²) in [6.45, 7) is 0.397. The number of rotatable bonds is 6. The second-order valence-electron chi connectivity index (χ2n) is 6.14. The Kier molecular flexibility index (Phi) is 4.92. The Morgan fingerprint density at radius 1 is 1.11 bits per heavy atom. The summed E-state index contributed by atoms with van der Waals surface area (Å²) in [6.07, 6.45) is 1.49. The summed E-state index contributed by atoms with van der Waals surface area (Å²) in [4.78, 5) is 20.8. The van der Waals surface area contributed by atoms with Gasteiger partial charge in [-0.05, 0) is 42.5 Å². The topological polar surface area (TPSA) is 94.8 Å². The van der Waals surface area contributed by atoms with Crippen LogP contribution in [-0.4, -0.2) is 38.0 Å². The van der Waals surface area contributed by atoms with E-state index in [1.807, 2.05) is 54.6 Å². The van der Waals surface area contributed by atoms with Crippen LogP contribution >= 0.6 is 0 Å². The van der Waals surface area contributed by atoms with Crippen LogP contribution in [0.25, 0.3) is 22.3 Å². The molecule has 140 valence electrons. The van der Waals surface area contributed by atoms with Crippen LogP contribution in [-0.2, 0) is 17.9 Å². The molecule has 0 unspecified atom stereocenters. The fraction of sp³-hybridized carbons (Fsp3) is 0.150. The predicted octanol–water partition coefficient (Wildman–Crippen LogP) is 2.21. The number of carbonyl (C=O) groups excluding carboxylic acids is 1. The number of hydrogen-bond donors (Lipinski definition) is 1. The van der Waals surface area contributed by atoms with Crippen LogP contribution in [0.3, 0.4) is 0 Å². The molecule has 0 fully saturated rings. The first kappa shape index (κ1) is 17.6. The van der Waals surface area contributed by atoms with Crippen LogP contribution < -0.4 is 10.1 Å². The lowest BCUT2D eigenvalue weighted by Crippen LogP contribution is -2.28. The molecule has 2 aromatic heterocycles. The van der Waals surface area contributed by atoms with Crippen LogP contribution in [0.1, 0.15) is 5.69 Å². The first-order valence-corrected chi connectivity index (χ1v) is 8.73. The van der Waals surface area contributed by atoms with Crippen molar-refractivity contribution in [3.05, 3.63) is 66.6 Å². The first-order chi connectivity index (χ1) is 13.7. The summed E-state index contributed by atoms with van der Waals surface area (Å²) in [7, 11) is 1.63. The lowest BCUT2D eigenvalue weighted by atomic mass is 10.1. The van der Waals surface area contributed by atoms with Gasteiger partial charge >= 0.3 is 0 Å². The molecule has 4 rings (SSSR count). The van der Waals surface area contributed by atoms with Gasteiger partial charge in [-0.2, -0.15) is 0 Å². The van der Waals surface area contributed by atoms with Gasteiger partial charge in [0.05, 0.1) is 30.6 Å². The third-order valence-corrected chi connectivity index (χ3v) is 4.29. The molecule has 0 atom stereocenters. The number of para-hydroxylation sites is 1. The summed E-state index contributed by atoms with van der Waals surface area (Å²) in [5, 5.41) is 10.9. The molecule has 2 heterocycles. The Morgan fingerprint density at radius 2 is 1.93 bits per heavy atom. The van der Waals surface area contributed by atoms with Crippen molar-refractivity contribution in [2.24, 2.45) is 0 Å². The van der Waals surface area contributed by atoms with Gasteiger partial charge in [0, 0.05) is 5.56 Å². The van der Waals surface area contributed by atoms with E-state index in [1.165, 1.54) is 6.33 Å². The zero-order chi connectivity index (χ0) is 19.3. The second-order valence-corrected chi connectivity index (χ2v) is 6.14. The number of fused-ring (bicyclic) bond motifs is 1. The van der Waals surface area contributed by atoms with E-state index in [1.54, 1.807) is 11.8 Å². The number of hydrogen-bond acceptors (Lipinski definition) is 6. The van der Waals surface area contributed by atoms with Crippen LogP contribution in [0.15, 0.2) is 60.9 Å². The lowest BCUT2D eigenvalue weighted by molar-refractivity contribution is -0.122. The van der Waals surface area contributed by atoms with Crippen molar-refractivity contribution in [1.82, 2.24) is 30.3 Å². The number of ether oxygens (including phenoxy) is 1. The smallest absolute Gasteiger partial charge is 0.242 e. The summed E-state index contributed by atoms with van der Waals surface area (Å²) < 4.78 is 6.75. The second kappa shape index (κ2) is 7.83.